The van der Waals surface area contributed by atoms with E-state index < -0.39 is 0 Å². The maximum absolute atomic E-state index is 12.0. The maximum atomic E-state index is 12.0. The topological polar surface area (TPSA) is 44.5 Å². The van der Waals surface area contributed by atoms with Crippen molar-refractivity contribution >= 4 is 0 Å². The molecule has 2 N–H and O–H groups in total. The van der Waals surface area contributed by atoms with Gasteiger partial charge in [0.1, 0.15) is 11.5 Å². The summed E-state index contributed by atoms with van der Waals surface area (Å²) in [7, 11) is 1.59. The van der Waals surface area contributed by atoms with Crippen molar-refractivity contribution in [3.63, 3.8) is 0 Å². The van der Waals surface area contributed by atoms with E-state index in [4.69, 9.17) is 15.2 Å². The Kier molecular flexibility index (Phi) is 5.05. The van der Waals surface area contributed by atoms with Crippen LogP contribution in [0.5, 0.6) is 11.5 Å². The van der Waals surface area contributed by atoms with Crippen LogP contribution < -0.4 is 15.2 Å². The molecule has 0 fully saturated rings. The number of nitrogens with two attached hydrogens (primary N) is 1. The zero-order chi connectivity index (χ0) is 12.0. The van der Waals surface area contributed by atoms with E-state index in [-0.39, 0.29) is 12.7 Å². The molecule has 1 aromatic rings. The second-order valence-electron chi connectivity index (χ2n) is 3.58. The Bertz CT molecular complexity index is 329. The van der Waals surface area contributed by atoms with Crippen LogP contribution in [-0.2, 0) is 0 Å². The van der Waals surface area contributed by atoms with Crippen molar-refractivity contribution in [2.75, 3.05) is 20.4 Å². The molecule has 0 aliphatic carbocycles. The molecule has 0 aromatic heterocycles. The third kappa shape index (κ3) is 3.38. The molecule has 1 atom stereocenters. The Labute approximate surface area is 95.4 Å². The number of alkyl halides is 1. The lowest BCUT2D eigenvalue weighted by Crippen LogP contribution is -2.09. The molecule has 3 nitrogen and oxygen atoms in total. The van der Waals surface area contributed by atoms with E-state index in [1.807, 2.05) is 19.1 Å². The van der Waals surface area contributed by atoms with Gasteiger partial charge >= 0.3 is 0 Å². The molecule has 90 valence electrons. The van der Waals surface area contributed by atoms with Crippen molar-refractivity contribution in [2.45, 2.75) is 19.4 Å². The fourth-order valence-electron chi connectivity index (χ4n) is 1.38. The molecule has 1 unspecified atom stereocenters. The van der Waals surface area contributed by atoms with Crippen LogP contribution in [0.4, 0.5) is 4.39 Å². The van der Waals surface area contributed by atoms with Crippen molar-refractivity contribution in [3.8, 4) is 11.5 Å². The van der Waals surface area contributed by atoms with Crippen LogP contribution in [0, 0.1) is 0 Å². The van der Waals surface area contributed by atoms with Gasteiger partial charge in [-0.05, 0) is 13.0 Å². The Morgan fingerprint density at radius 1 is 1.44 bits per heavy atom. The first kappa shape index (κ1) is 12.8. The van der Waals surface area contributed by atoms with Crippen molar-refractivity contribution < 1.29 is 13.9 Å². The standard InChI is InChI=1S/C12H18FNO2/c1-9(14)11-5-4-10(15-2)8-12(11)16-7-3-6-13/h4-5,8-9H,3,6-7,14H2,1-2H3. The monoisotopic (exact) mass is 227 g/mol. The van der Waals surface area contributed by atoms with E-state index in [1.54, 1.807) is 13.2 Å². The van der Waals surface area contributed by atoms with Crippen molar-refractivity contribution in [1.29, 1.82) is 0 Å². The lowest BCUT2D eigenvalue weighted by Gasteiger charge is -2.14. The quantitative estimate of drug-likeness (QED) is 0.759. The fourth-order valence-corrected chi connectivity index (χ4v) is 1.38. The number of ether oxygens (including phenoxy) is 2. The molecular formula is C12H18FNO2. The van der Waals surface area contributed by atoms with Crippen LogP contribution in [0.3, 0.4) is 0 Å². The van der Waals surface area contributed by atoms with Crippen LogP contribution in [0.2, 0.25) is 0 Å². The number of methoxy groups -OCH3 is 1. The van der Waals surface area contributed by atoms with Gasteiger partial charge in [0.2, 0.25) is 0 Å². The molecule has 0 aliphatic rings. The molecule has 0 amide bonds. The van der Waals surface area contributed by atoms with Crippen LogP contribution in [-0.4, -0.2) is 20.4 Å². The van der Waals surface area contributed by atoms with Gasteiger partial charge in [-0.2, -0.15) is 0 Å². The summed E-state index contributed by atoms with van der Waals surface area (Å²) in [5, 5.41) is 0. The highest BCUT2D eigenvalue weighted by molar-refractivity contribution is 5.42. The number of halogens is 1. The largest absolute Gasteiger partial charge is 0.497 e. The summed E-state index contributed by atoms with van der Waals surface area (Å²) >= 11 is 0. The van der Waals surface area contributed by atoms with E-state index in [1.165, 1.54) is 0 Å². The summed E-state index contributed by atoms with van der Waals surface area (Å²) in [6.07, 6.45) is 0.385. The van der Waals surface area contributed by atoms with Gasteiger partial charge in [0.15, 0.2) is 0 Å². The highest BCUT2D eigenvalue weighted by Crippen LogP contribution is 2.28. The van der Waals surface area contributed by atoms with Crippen molar-refractivity contribution in [1.82, 2.24) is 0 Å². The van der Waals surface area contributed by atoms with Crippen molar-refractivity contribution in [3.05, 3.63) is 23.8 Å². The first-order valence-electron chi connectivity index (χ1n) is 5.31. The second kappa shape index (κ2) is 6.33. The summed E-state index contributed by atoms with van der Waals surface area (Å²) in [5.41, 5.74) is 6.72. The molecule has 4 heteroatoms. The summed E-state index contributed by atoms with van der Waals surface area (Å²) in [6.45, 7) is 1.85. The third-order valence-corrected chi connectivity index (χ3v) is 2.25. The minimum Gasteiger partial charge on any atom is -0.497 e. The summed E-state index contributed by atoms with van der Waals surface area (Å²) in [5.74, 6) is 1.38. The Morgan fingerprint density at radius 3 is 2.75 bits per heavy atom. The minimum atomic E-state index is -0.377. The van der Waals surface area contributed by atoms with Gasteiger partial charge in [-0.15, -0.1) is 0 Å². The lowest BCUT2D eigenvalue weighted by molar-refractivity contribution is 0.284. The van der Waals surface area contributed by atoms with Gasteiger partial charge in [-0.1, -0.05) is 6.07 Å². The van der Waals surface area contributed by atoms with Crippen LogP contribution in [0.25, 0.3) is 0 Å². The number of hydrogen-bond acceptors (Lipinski definition) is 3. The normalized spacial score (nSPS) is 12.2. The first-order valence-corrected chi connectivity index (χ1v) is 5.31. The molecule has 0 spiro atoms. The third-order valence-electron chi connectivity index (χ3n) is 2.25. The molecule has 1 aromatic carbocycles. The molecule has 16 heavy (non-hydrogen) atoms. The average molecular weight is 227 g/mol. The predicted octanol–water partition coefficient (Wildman–Crippen LogP) is 2.45. The molecule has 1 rings (SSSR count). The Balaban J connectivity index is 2.83. The molecule has 0 aliphatic heterocycles. The summed E-state index contributed by atoms with van der Waals surface area (Å²) in [6, 6.07) is 5.36. The van der Waals surface area contributed by atoms with E-state index in [0.29, 0.717) is 24.5 Å². The van der Waals surface area contributed by atoms with Gasteiger partial charge in [0, 0.05) is 24.1 Å². The molecular weight excluding hydrogens is 209 g/mol. The van der Waals surface area contributed by atoms with Crippen LogP contribution in [0.1, 0.15) is 24.9 Å². The SMILES string of the molecule is COc1ccc(C(C)N)c(OCCCF)c1. The predicted molar refractivity (Wildman–Crippen MR) is 61.7 cm³/mol. The maximum Gasteiger partial charge on any atom is 0.127 e. The van der Waals surface area contributed by atoms with E-state index in [2.05, 4.69) is 0 Å². The van der Waals surface area contributed by atoms with E-state index in [0.717, 1.165) is 5.56 Å². The molecule has 0 saturated heterocycles. The van der Waals surface area contributed by atoms with Gasteiger partial charge in [0.25, 0.3) is 0 Å². The fraction of sp³-hybridized carbons (Fsp3) is 0.500. The second-order valence-corrected chi connectivity index (χ2v) is 3.58. The molecule has 0 saturated carbocycles. The summed E-state index contributed by atoms with van der Waals surface area (Å²) in [4.78, 5) is 0. The van der Waals surface area contributed by atoms with E-state index in [9.17, 15) is 4.39 Å². The van der Waals surface area contributed by atoms with Gasteiger partial charge < -0.3 is 15.2 Å². The first-order chi connectivity index (χ1) is 7.69. The molecule has 0 radical (unpaired) electrons. The van der Waals surface area contributed by atoms with Crippen LogP contribution >= 0.6 is 0 Å². The molecule has 0 heterocycles. The highest BCUT2D eigenvalue weighted by atomic mass is 19.1. The zero-order valence-corrected chi connectivity index (χ0v) is 9.70. The average Bonchev–Trinajstić information content (AvgIpc) is 2.29. The Hall–Kier alpha value is -1.29. The Morgan fingerprint density at radius 2 is 2.19 bits per heavy atom. The van der Waals surface area contributed by atoms with Gasteiger partial charge in [-0.25, -0.2) is 0 Å². The number of benzene rings is 1. The van der Waals surface area contributed by atoms with E-state index >= 15 is 0 Å². The number of hydrogen-bond donors (Lipinski definition) is 1. The number of rotatable bonds is 6. The van der Waals surface area contributed by atoms with Crippen molar-refractivity contribution in [2.24, 2.45) is 5.73 Å². The lowest BCUT2D eigenvalue weighted by atomic mass is 10.1. The van der Waals surface area contributed by atoms with Gasteiger partial charge in [0.05, 0.1) is 20.4 Å². The highest BCUT2D eigenvalue weighted by Gasteiger charge is 2.09. The zero-order valence-electron chi connectivity index (χ0n) is 9.70. The smallest absolute Gasteiger partial charge is 0.127 e. The molecule has 0 bridgehead atoms. The summed E-state index contributed by atoms with van der Waals surface area (Å²) < 4.78 is 22.6. The minimum absolute atomic E-state index is 0.119. The van der Waals surface area contributed by atoms with Gasteiger partial charge in [-0.3, -0.25) is 4.39 Å². The van der Waals surface area contributed by atoms with Crippen LogP contribution in [0.15, 0.2) is 18.2 Å².